The summed E-state index contributed by atoms with van der Waals surface area (Å²) in [5, 5.41) is 3.46. The fourth-order valence-corrected chi connectivity index (χ4v) is 4.27. The molecule has 0 spiro atoms. The first-order chi connectivity index (χ1) is 11.9. The van der Waals surface area contributed by atoms with E-state index < -0.39 is 5.60 Å². The predicted molar refractivity (Wildman–Crippen MR) is 100 cm³/mol. The summed E-state index contributed by atoms with van der Waals surface area (Å²) in [4.78, 5) is 14.7. The van der Waals surface area contributed by atoms with Gasteiger partial charge in [-0.3, -0.25) is 0 Å². The van der Waals surface area contributed by atoms with Crippen molar-refractivity contribution in [3.05, 3.63) is 35.9 Å². The van der Waals surface area contributed by atoms with E-state index in [1.54, 1.807) is 0 Å². The van der Waals surface area contributed by atoms with E-state index in [1.807, 2.05) is 31.7 Å². The van der Waals surface area contributed by atoms with Gasteiger partial charge in [0.2, 0.25) is 0 Å². The molecule has 0 radical (unpaired) electrons. The highest BCUT2D eigenvalue weighted by Gasteiger charge is 2.37. The minimum Gasteiger partial charge on any atom is -0.444 e. The summed E-state index contributed by atoms with van der Waals surface area (Å²) >= 11 is 0. The Morgan fingerprint density at radius 1 is 1.08 bits per heavy atom. The minimum absolute atomic E-state index is 0.129. The summed E-state index contributed by atoms with van der Waals surface area (Å²) in [6, 6.07) is 10.6. The lowest BCUT2D eigenvalue weighted by atomic mass is 9.76. The molecule has 2 atom stereocenters. The Bertz CT molecular complexity index is 561. The van der Waals surface area contributed by atoms with Crippen LogP contribution in [0.1, 0.15) is 58.1 Å². The summed E-state index contributed by atoms with van der Waals surface area (Å²) < 4.78 is 5.69. The smallest absolute Gasteiger partial charge is 0.410 e. The number of carbonyl (C=O) groups excluding carboxylic acids is 1. The number of hydrogen-bond donors (Lipinski definition) is 1. The molecule has 2 saturated heterocycles. The van der Waals surface area contributed by atoms with E-state index in [-0.39, 0.29) is 12.1 Å². The van der Waals surface area contributed by atoms with Crippen molar-refractivity contribution in [3.63, 3.8) is 0 Å². The molecule has 25 heavy (non-hydrogen) atoms. The summed E-state index contributed by atoms with van der Waals surface area (Å²) in [7, 11) is 0. The zero-order chi connectivity index (χ0) is 17.9. The lowest BCUT2D eigenvalue weighted by Gasteiger charge is -2.43. The monoisotopic (exact) mass is 344 g/mol. The Balaban J connectivity index is 1.77. The molecule has 0 bridgehead atoms. The van der Waals surface area contributed by atoms with Gasteiger partial charge in [-0.25, -0.2) is 4.79 Å². The second-order valence-corrected chi connectivity index (χ2v) is 8.47. The van der Waals surface area contributed by atoms with E-state index in [2.05, 4.69) is 29.6 Å². The summed E-state index contributed by atoms with van der Waals surface area (Å²) in [6.07, 6.45) is 4.49. The lowest BCUT2D eigenvalue weighted by Crippen LogP contribution is -2.45. The number of likely N-dealkylation sites (tertiary alicyclic amines) is 1. The number of nitrogens with one attached hydrogen (secondary N) is 1. The summed E-state index contributed by atoms with van der Waals surface area (Å²) in [5.74, 6) is 1.49. The highest BCUT2D eigenvalue weighted by Crippen LogP contribution is 2.40. The fraction of sp³-hybridized carbons (Fsp3) is 0.667. The van der Waals surface area contributed by atoms with E-state index in [9.17, 15) is 4.79 Å². The number of rotatable bonds is 2. The molecule has 1 unspecified atom stereocenters. The topological polar surface area (TPSA) is 41.6 Å². The van der Waals surface area contributed by atoms with Crippen LogP contribution in [0.25, 0.3) is 0 Å². The second-order valence-electron chi connectivity index (χ2n) is 8.47. The van der Waals surface area contributed by atoms with Gasteiger partial charge in [-0.05, 0) is 76.9 Å². The van der Waals surface area contributed by atoms with Crippen LogP contribution >= 0.6 is 0 Å². The maximum absolute atomic E-state index is 12.8. The van der Waals surface area contributed by atoms with Gasteiger partial charge in [0.1, 0.15) is 5.60 Å². The molecular formula is C21H32N2O2. The molecule has 2 aliphatic rings. The molecule has 4 heteroatoms. The Morgan fingerprint density at radius 3 is 2.40 bits per heavy atom. The highest BCUT2D eigenvalue weighted by atomic mass is 16.6. The fourth-order valence-electron chi connectivity index (χ4n) is 4.27. The summed E-state index contributed by atoms with van der Waals surface area (Å²) in [6.45, 7) is 8.86. The number of ether oxygens (including phenoxy) is 1. The largest absolute Gasteiger partial charge is 0.444 e. The molecule has 2 aliphatic heterocycles. The van der Waals surface area contributed by atoms with Gasteiger partial charge in [0.25, 0.3) is 0 Å². The first-order valence-corrected chi connectivity index (χ1v) is 9.69. The maximum Gasteiger partial charge on any atom is 0.410 e. The number of benzene rings is 1. The average Bonchev–Trinajstić information content (AvgIpc) is 2.61. The van der Waals surface area contributed by atoms with Crippen LogP contribution in [0.15, 0.2) is 30.3 Å². The van der Waals surface area contributed by atoms with Crippen LogP contribution in [0.5, 0.6) is 0 Å². The molecule has 0 saturated carbocycles. The Hall–Kier alpha value is -1.55. The van der Waals surface area contributed by atoms with E-state index in [4.69, 9.17) is 4.74 Å². The van der Waals surface area contributed by atoms with E-state index >= 15 is 0 Å². The van der Waals surface area contributed by atoms with Crippen LogP contribution in [0, 0.1) is 11.8 Å². The second kappa shape index (κ2) is 7.77. The van der Waals surface area contributed by atoms with Crippen molar-refractivity contribution in [2.75, 3.05) is 19.6 Å². The number of piperidine rings is 2. The van der Waals surface area contributed by atoms with Gasteiger partial charge in [-0.2, -0.15) is 0 Å². The number of carbonyl (C=O) groups is 1. The van der Waals surface area contributed by atoms with Crippen LogP contribution < -0.4 is 5.32 Å². The van der Waals surface area contributed by atoms with E-state index in [0.29, 0.717) is 5.92 Å². The molecule has 0 aromatic heterocycles. The van der Waals surface area contributed by atoms with Gasteiger partial charge in [-0.1, -0.05) is 30.3 Å². The third kappa shape index (κ3) is 4.75. The molecular weight excluding hydrogens is 312 g/mol. The Labute approximate surface area is 151 Å². The van der Waals surface area contributed by atoms with Crippen molar-refractivity contribution < 1.29 is 9.53 Å². The van der Waals surface area contributed by atoms with Gasteiger partial charge in [0.05, 0.1) is 6.04 Å². The van der Waals surface area contributed by atoms with Crippen molar-refractivity contribution in [1.29, 1.82) is 0 Å². The molecule has 3 rings (SSSR count). The predicted octanol–water partition coefficient (Wildman–Crippen LogP) is 4.37. The van der Waals surface area contributed by atoms with Gasteiger partial charge in [0, 0.05) is 6.54 Å². The molecule has 138 valence electrons. The van der Waals surface area contributed by atoms with Crippen molar-refractivity contribution in [3.8, 4) is 0 Å². The molecule has 2 fully saturated rings. The molecule has 0 aliphatic carbocycles. The van der Waals surface area contributed by atoms with Gasteiger partial charge >= 0.3 is 6.09 Å². The highest BCUT2D eigenvalue weighted by molar-refractivity contribution is 5.69. The minimum atomic E-state index is -0.454. The van der Waals surface area contributed by atoms with Crippen LogP contribution in [-0.2, 0) is 4.74 Å². The number of amides is 1. The maximum atomic E-state index is 12.8. The van der Waals surface area contributed by atoms with E-state index in [0.717, 1.165) is 38.4 Å². The normalized spacial score (nSPS) is 25.6. The SMILES string of the molecule is CC(C)(C)OC(=O)N1CCC(C2CCNCC2)C[C@@H]1c1ccccc1. The van der Waals surface area contributed by atoms with Crippen molar-refractivity contribution in [1.82, 2.24) is 10.2 Å². The summed E-state index contributed by atoms with van der Waals surface area (Å²) in [5.41, 5.74) is 0.775. The molecule has 2 heterocycles. The standard InChI is InChI=1S/C21H32N2O2/c1-21(2,3)25-20(24)23-14-11-18(16-9-12-22-13-10-16)15-19(23)17-7-5-4-6-8-17/h4-8,16,18-19,22H,9-15H2,1-3H3/t18?,19-/m1/s1. The molecule has 1 amide bonds. The van der Waals surface area contributed by atoms with Gasteiger partial charge < -0.3 is 15.0 Å². The third-order valence-electron chi connectivity index (χ3n) is 5.51. The first-order valence-electron chi connectivity index (χ1n) is 9.69. The van der Waals surface area contributed by atoms with Crippen molar-refractivity contribution >= 4 is 6.09 Å². The zero-order valence-electron chi connectivity index (χ0n) is 15.8. The number of hydrogen-bond acceptors (Lipinski definition) is 3. The third-order valence-corrected chi connectivity index (χ3v) is 5.51. The van der Waals surface area contributed by atoms with Crippen molar-refractivity contribution in [2.45, 2.75) is 58.1 Å². The molecule has 1 aromatic carbocycles. The average molecular weight is 344 g/mol. The van der Waals surface area contributed by atoms with Gasteiger partial charge in [-0.15, -0.1) is 0 Å². The van der Waals surface area contributed by atoms with Crippen molar-refractivity contribution in [2.24, 2.45) is 11.8 Å². The van der Waals surface area contributed by atoms with Gasteiger partial charge in [0.15, 0.2) is 0 Å². The zero-order valence-corrected chi connectivity index (χ0v) is 15.8. The molecule has 4 nitrogen and oxygen atoms in total. The molecule has 1 N–H and O–H groups in total. The molecule has 1 aromatic rings. The lowest BCUT2D eigenvalue weighted by molar-refractivity contribution is -0.00112. The quantitative estimate of drug-likeness (QED) is 0.866. The number of nitrogens with zero attached hydrogens (tertiary/aromatic N) is 1. The van der Waals surface area contributed by atoms with Crippen LogP contribution in [0.4, 0.5) is 4.79 Å². The Kier molecular flexibility index (Phi) is 5.67. The van der Waals surface area contributed by atoms with Crippen LogP contribution in [0.2, 0.25) is 0 Å². The van der Waals surface area contributed by atoms with Crippen LogP contribution in [-0.4, -0.2) is 36.2 Å². The van der Waals surface area contributed by atoms with Crippen LogP contribution in [0.3, 0.4) is 0 Å². The van der Waals surface area contributed by atoms with E-state index in [1.165, 1.54) is 18.4 Å². The Morgan fingerprint density at radius 2 is 1.76 bits per heavy atom. The first kappa shape index (κ1) is 18.2.